The van der Waals surface area contributed by atoms with Crippen molar-refractivity contribution in [3.05, 3.63) is 47.2 Å². The van der Waals surface area contributed by atoms with E-state index < -0.39 is 0 Å². The fraction of sp³-hybridized carbons (Fsp3) is 0.471. The van der Waals surface area contributed by atoms with E-state index in [0.29, 0.717) is 5.92 Å². The second-order valence-corrected chi connectivity index (χ2v) is 5.40. The van der Waals surface area contributed by atoms with Crippen LogP contribution in [-0.2, 0) is 0 Å². The molecule has 0 N–H and O–H groups in total. The standard InChI is InChI=1S/C17H24N2/c1-13-7-5-6-8-16(11-13)12-19-10-9-17(18-4)14(2)15(19)3/h5-8,11,13H,9-10,12H2,1-4H3. The van der Waals surface area contributed by atoms with Gasteiger partial charge in [0.15, 0.2) is 0 Å². The van der Waals surface area contributed by atoms with Crippen molar-refractivity contribution in [3.63, 3.8) is 0 Å². The van der Waals surface area contributed by atoms with E-state index in [1.165, 1.54) is 22.6 Å². The Morgan fingerprint density at radius 1 is 1.32 bits per heavy atom. The zero-order chi connectivity index (χ0) is 13.8. The molecule has 0 amide bonds. The monoisotopic (exact) mass is 256 g/mol. The van der Waals surface area contributed by atoms with Gasteiger partial charge in [-0.3, -0.25) is 4.99 Å². The number of aliphatic imine (C=N–C) groups is 1. The lowest BCUT2D eigenvalue weighted by atomic mass is 10.0. The molecule has 0 aromatic rings. The van der Waals surface area contributed by atoms with Crippen LogP contribution in [0, 0.1) is 5.92 Å². The van der Waals surface area contributed by atoms with Crippen LogP contribution in [0.5, 0.6) is 0 Å². The molecule has 1 aliphatic heterocycles. The van der Waals surface area contributed by atoms with Crippen LogP contribution in [0.2, 0.25) is 0 Å². The Morgan fingerprint density at radius 3 is 2.84 bits per heavy atom. The van der Waals surface area contributed by atoms with Gasteiger partial charge in [0.1, 0.15) is 0 Å². The first-order valence-electron chi connectivity index (χ1n) is 7.06. The SMILES string of the molecule is CN=C1CCN(CC2=CC(C)C=CC=C2)C(C)=C1C. The van der Waals surface area contributed by atoms with Crippen molar-refractivity contribution >= 4 is 5.71 Å². The van der Waals surface area contributed by atoms with E-state index in [1.807, 2.05) is 7.05 Å². The van der Waals surface area contributed by atoms with Gasteiger partial charge in [0.25, 0.3) is 0 Å². The number of allylic oxidation sites excluding steroid dienone is 6. The molecule has 0 bridgehead atoms. The van der Waals surface area contributed by atoms with Crippen molar-refractivity contribution < 1.29 is 0 Å². The maximum absolute atomic E-state index is 4.38. The highest BCUT2D eigenvalue weighted by atomic mass is 15.1. The van der Waals surface area contributed by atoms with Crippen molar-refractivity contribution in [2.24, 2.45) is 10.9 Å². The summed E-state index contributed by atoms with van der Waals surface area (Å²) in [5.41, 5.74) is 5.37. The molecule has 1 aliphatic carbocycles. The fourth-order valence-corrected chi connectivity index (χ4v) is 2.71. The van der Waals surface area contributed by atoms with Gasteiger partial charge in [-0.25, -0.2) is 0 Å². The Bertz CT molecular complexity index is 489. The molecule has 2 heteroatoms. The maximum Gasteiger partial charge on any atom is 0.0423 e. The first-order chi connectivity index (χ1) is 9.11. The molecule has 0 aromatic heterocycles. The molecule has 19 heavy (non-hydrogen) atoms. The second-order valence-electron chi connectivity index (χ2n) is 5.40. The summed E-state index contributed by atoms with van der Waals surface area (Å²) < 4.78 is 0. The molecule has 0 spiro atoms. The van der Waals surface area contributed by atoms with Gasteiger partial charge < -0.3 is 4.90 Å². The minimum atomic E-state index is 0.521. The maximum atomic E-state index is 4.38. The minimum Gasteiger partial charge on any atom is -0.370 e. The quantitative estimate of drug-likeness (QED) is 0.734. The Morgan fingerprint density at radius 2 is 2.11 bits per heavy atom. The minimum absolute atomic E-state index is 0.521. The van der Waals surface area contributed by atoms with Gasteiger partial charge in [0, 0.05) is 38.0 Å². The zero-order valence-corrected chi connectivity index (χ0v) is 12.5. The number of nitrogens with zero attached hydrogens (tertiary/aromatic N) is 2. The Labute approximate surface area is 116 Å². The van der Waals surface area contributed by atoms with Gasteiger partial charge in [-0.1, -0.05) is 37.3 Å². The van der Waals surface area contributed by atoms with E-state index in [4.69, 9.17) is 0 Å². The van der Waals surface area contributed by atoms with Gasteiger partial charge >= 0.3 is 0 Å². The third-order valence-corrected chi connectivity index (χ3v) is 4.02. The average Bonchev–Trinajstić information content (AvgIpc) is 2.60. The normalized spacial score (nSPS) is 25.9. The molecule has 0 fully saturated rings. The Balaban J connectivity index is 2.15. The summed E-state index contributed by atoms with van der Waals surface area (Å²) in [4.78, 5) is 6.85. The molecule has 0 radical (unpaired) electrons. The van der Waals surface area contributed by atoms with Crippen LogP contribution in [0.3, 0.4) is 0 Å². The summed E-state index contributed by atoms with van der Waals surface area (Å²) in [7, 11) is 1.89. The predicted octanol–water partition coefficient (Wildman–Crippen LogP) is 3.75. The molecule has 1 atom stereocenters. The van der Waals surface area contributed by atoms with Gasteiger partial charge in [0.05, 0.1) is 0 Å². The molecule has 2 rings (SSSR count). The van der Waals surface area contributed by atoms with Crippen LogP contribution in [0.15, 0.2) is 52.2 Å². The van der Waals surface area contributed by atoms with E-state index in [2.05, 4.69) is 61.0 Å². The molecule has 102 valence electrons. The zero-order valence-electron chi connectivity index (χ0n) is 12.5. The predicted molar refractivity (Wildman–Crippen MR) is 83.5 cm³/mol. The van der Waals surface area contributed by atoms with Crippen molar-refractivity contribution in [2.75, 3.05) is 20.1 Å². The fourth-order valence-electron chi connectivity index (χ4n) is 2.71. The average molecular weight is 256 g/mol. The Kier molecular flexibility index (Phi) is 4.41. The molecule has 0 aromatic carbocycles. The van der Waals surface area contributed by atoms with Gasteiger partial charge in [-0.15, -0.1) is 0 Å². The molecule has 2 aliphatic rings. The van der Waals surface area contributed by atoms with Crippen LogP contribution in [0.1, 0.15) is 27.2 Å². The second kappa shape index (κ2) is 6.05. The summed E-state index contributed by atoms with van der Waals surface area (Å²) in [5, 5.41) is 0. The highest BCUT2D eigenvalue weighted by molar-refractivity contribution is 6.00. The van der Waals surface area contributed by atoms with Crippen LogP contribution in [-0.4, -0.2) is 30.7 Å². The summed E-state index contributed by atoms with van der Waals surface area (Å²) in [6, 6.07) is 0. The molecule has 2 nitrogen and oxygen atoms in total. The van der Waals surface area contributed by atoms with Crippen LogP contribution >= 0.6 is 0 Å². The molecule has 0 saturated carbocycles. The van der Waals surface area contributed by atoms with Gasteiger partial charge in [0.2, 0.25) is 0 Å². The van der Waals surface area contributed by atoms with Gasteiger partial charge in [-0.05, 0) is 30.9 Å². The molecular weight excluding hydrogens is 232 g/mol. The van der Waals surface area contributed by atoms with Crippen LogP contribution in [0.25, 0.3) is 0 Å². The van der Waals surface area contributed by atoms with E-state index in [0.717, 1.165) is 19.5 Å². The van der Waals surface area contributed by atoms with E-state index in [9.17, 15) is 0 Å². The summed E-state index contributed by atoms with van der Waals surface area (Å²) in [6.45, 7) is 8.70. The first-order valence-corrected chi connectivity index (χ1v) is 7.06. The largest absolute Gasteiger partial charge is 0.370 e. The summed E-state index contributed by atoms with van der Waals surface area (Å²) in [6.07, 6.45) is 12.2. The Hall–Kier alpha value is -1.57. The lowest BCUT2D eigenvalue weighted by Gasteiger charge is -2.32. The van der Waals surface area contributed by atoms with Gasteiger partial charge in [-0.2, -0.15) is 0 Å². The van der Waals surface area contributed by atoms with Crippen LogP contribution < -0.4 is 0 Å². The number of rotatable bonds is 2. The lowest BCUT2D eigenvalue weighted by Crippen LogP contribution is -2.32. The molecule has 0 saturated heterocycles. The third kappa shape index (κ3) is 3.25. The topological polar surface area (TPSA) is 15.6 Å². The van der Waals surface area contributed by atoms with E-state index in [-0.39, 0.29) is 0 Å². The third-order valence-electron chi connectivity index (χ3n) is 4.02. The van der Waals surface area contributed by atoms with Crippen molar-refractivity contribution in [3.8, 4) is 0 Å². The van der Waals surface area contributed by atoms with Crippen molar-refractivity contribution in [1.82, 2.24) is 4.90 Å². The highest BCUT2D eigenvalue weighted by Crippen LogP contribution is 2.22. The van der Waals surface area contributed by atoms with E-state index >= 15 is 0 Å². The molecule has 1 heterocycles. The first kappa shape index (κ1) is 13.9. The highest BCUT2D eigenvalue weighted by Gasteiger charge is 2.19. The number of hydrogen-bond donors (Lipinski definition) is 0. The van der Waals surface area contributed by atoms with Crippen molar-refractivity contribution in [2.45, 2.75) is 27.2 Å². The lowest BCUT2D eigenvalue weighted by molar-refractivity contribution is 0.375. The van der Waals surface area contributed by atoms with Crippen LogP contribution in [0.4, 0.5) is 0 Å². The smallest absolute Gasteiger partial charge is 0.0423 e. The van der Waals surface area contributed by atoms with Crippen molar-refractivity contribution in [1.29, 1.82) is 0 Å². The number of hydrogen-bond acceptors (Lipinski definition) is 2. The molecular formula is C17H24N2. The van der Waals surface area contributed by atoms with E-state index in [1.54, 1.807) is 0 Å². The summed E-state index contributed by atoms with van der Waals surface area (Å²) >= 11 is 0. The summed E-state index contributed by atoms with van der Waals surface area (Å²) in [5.74, 6) is 0.521. The molecule has 1 unspecified atom stereocenters.